The highest BCUT2D eigenvalue weighted by Gasteiger charge is 2.30. The van der Waals surface area contributed by atoms with Crippen molar-refractivity contribution in [1.29, 1.82) is 0 Å². The zero-order valence-electron chi connectivity index (χ0n) is 12.6. The molecule has 1 atom stereocenters. The van der Waals surface area contributed by atoms with E-state index < -0.39 is 17.2 Å². The molecule has 23 heavy (non-hydrogen) atoms. The number of thioether (sulfide) groups is 1. The van der Waals surface area contributed by atoms with E-state index in [2.05, 4.69) is 4.99 Å². The van der Waals surface area contributed by atoms with Gasteiger partial charge < -0.3 is 14.6 Å². The number of carboxylic acid groups (broad SMARTS) is 1. The van der Waals surface area contributed by atoms with Crippen molar-refractivity contribution in [1.82, 2.24) is 4.90 Å². The predicted molar refractivity (Wildman–Crippen MR) is 83.3 cm³/mol. The van der Waals surface area contributed by atoms with Crippen LogP contribution in [0.2, 0.25) is 0 Å². The molecule has 1 amide bonds. The Kier molecular flexibility index (Phi) is 5.38. The van der Waals surface area contributed by atoms with Gasteiger partial charge in [0.1, 0.15) is 0 Å². The van der Waals surface area contributed by atoms with Crippen molar-refractivity contribution in [2.24, 2.45) is 4.99 Å². The fourth-order valence-electron chi connectivity index (χ4n) is 1.88. The number of carbonyl (C=O) groups excluding carboxylic acids is 3. The molecule has 0 aliphatic carbocycles. The van der Waals surface area contributed by atoms with Crippen LogP contribution < -0.4 is 5.11 Å². The SMILES string of the molecule is CCOC(=O)c1ccc(N=C2SC(C(=O)[O-])CC(=O)N2C)cc1. The molecule has 0 radical (unpaired) electrons. The summed E-state index contributed by atoms with van der Waals surface area (Å²) in [6.07, 6.45) is -0.121. The lowest BCUT2D eigenvalue weighted by molar-refractivity contribution is -0.304. The van der Waals surface area contributed by atoms with Gasteiger partial charge in [0.15, 0.2) is 5.17 Å². The summed E-state index contributed by atoms with van der Waals surface area (Å²) >= 11 is 0.966. The average Bonchev–Trinajstić information content (AvgIpc) is 2.52. The second kappa shape index (κ2) is 7.28. The number of hydrogen-bond donors (Lipinski definition) is 0. The summed E-state index contributed by atoms with van der Waals surface area (Å²) in [5.74, 6) is -2.05. The first-order valence-corrected chi connectivity index (χ1v) is 7.80. The van der Waals surface area contributed by atoms with Gasteiger partial charge in [-0.3, -0.25) is 9.69 Å². The van der Waals surface area contributed by atoms with E-state index in [-0.39, 0.29) is 24.1 Å². The van der Waals surface area contributed by atoms with Crippen LogP contribution in [0.15, 0.2) is 29.3 Å². The Labute approximate surface area is 137 Å². The van der Waals surface area contributed by atoms with Crippen LogP contribution in [0.5, 0.6) is 0 Å². The molecule has 2 rings (SSSR count). The monoisotopic (exact) mass is 335 g/mol. The molecule has 0 aromatic heterocycles. The van der Waals surface area contributed by atoms with Gasteiger partial charge in [0.2, 0.25) is 5.91 Å². The Morgan fingerprint density at radius 1 is 1.39 bits per heavy atom. The summed E-state index contributed by atoms with van der Waals surface area (Å²) < 4.78 is 4.89. The number of amides is 1. The first-order chi connectivity index (χ1) is 10.9. The molecule has 1 saturated heterocycles. The zero-order valence-corrected chi connectivity index (χ0v) is 13.5. The van der Waals surface area contributed by atoms with E-state index in [0.717, 1.165) is 11.8 Å². The van der Waals surface area contributed by atoms with Crippen LogP contribution >= 0.6 is 11.8 Å². The minimum absolute atomic E-state index is 0.121. The standard InChI is InChI=1S/C15H16N2O5S/c1-3-22-14(21)9-4-6-10(7-5-9)16-15-17(2)12(18)8-11(23-15)13(19)20/h4-7,11H,3,8H2,1-2H3,(H,19,20)/p-1. The van der Waals surface area contributed by atoms with Crippen LogP contribution in [-0.4, -0.2) is 46.8 Å². The molecular weight excluding hydrogens is 320 g/mol. The number of nitrogens with zero attached hydrogens (tertiary/aromatic N) is 2. The van der Waals surface area contributed by atoms with Gasteiger partial charge in [-0.15, -0.1) is 0 Å². The van der Waals surface area contributed by atoms with Crippen molar-refractivity contribution in [3.05, 3.63) is 29.8 Å². The summed E-state index contributed by atoms with van der Waals surface area (Å²) in [5.41, 5.74) is 0.892. The molecule has 1 aromatic rings. The van der Waals surface area contributed by atoms with Crippen LogP contribution in [0.3, 0.4) is 0 Å². The molecule has 0 spiro atoms. The van der Waals surface area contributed by atoms with E-state index in [9.17, 15) is 19.5 Å². The molecule has 1 aliphatic heterocycles. The van der Waals surface area contributed by atoms with Crippen LogP contribution in [0.1, 0.15) is 23.7 Å². The number of aliphatic imine (C=N–C) groups is 1. The number of carbonyl (C=O) groups is 3. The van der Waals surface area contributed by atoms with Crippen LogP contribution in [0.25, 0.3) is 0 Å². The van der Waals surface area contributed by atoms with E-state index in [1.165, 1.54) is 11.9 Å². The molecule has 0 saturated carbocycles. The first-order valence-electron chi connectivity index (χ1n) is 6.92. The van der Waals surface area contributed by atoms with Gasteiger partial charge in [0.25, 0.3) is 0 Å². The number of benzene rings is 1. The Morgan fingerprint density at radius 2 is 2.04 bits per heavy atom. The molecule has 1 heterocycles. The number of hydrogen-bond acceptors (Lipinski definition) is 7. The molecular formula is C15H15N2O5S-. The molecule has 122 valence electrons. The van der Waals surface area contributed by atoms with Gasteiger partial charge in [-0.2, -0.15) is 0 Å². The number of ether oxygens (including phenoxy) is 1. The highest BCUT2D eigenvalue weighted by molar-refractivity contribution is 8.15. The number of aliphatic carboxylic acids is 1. The maximum Gasteiger partial charge on any atom is 0.338 e. The fourth-order valence-corrected chi connectivity index (χ4v) is 2.87. The molecule has 0 bridgehead atoms. The minimum atomic E-state index is -1.29. The van der Waals surface area contributed by atoms with Crippen molar-refractivity contribution < 1.29 is 24.2 Å². The molecule has 1 aliphatic rings. The fraction of sp³-hybridized carbons (Fsp3) is 0.333. The third-order valence-electron chi connectivity index (χ3n) is 3.13. The van der Waals surface area contributed by atoms with Gasteiger partial charge in [0.05, 0.1) is 29.1 Å². The van der Waals surface area contributed by atoms with Crippen molar-refractivity contribution in [2.45, 2.75) is 18.6 Å². The van der Waals surface area contributed by atoms with Gasteiger partial charge in [-0.1, -0.05) is 11.8 Å². The maximum absolute atomic E-state index is 11.8. The maximum atomic E-state index is 11.8. The van der Waals surface area contributed by atoms with Crippen molar-refractivity contribution in [3.63, 3.8) is 0 Å². The highest BCUT2D eigenvalue weighted by Crippen LogP contribution is 2.27. The highest BCUT2D eigenvalue weighted by atomic mass is 32.2. The van der Waals surface area contributed by atoms with E-state index in [1.807, 2.05) is 0 Å². The zero-order chi connectivity index (χ0) is 17.0. The van der Waals surface area contributed by atoms with Crippen LogP contribution in [-0.2, 0) is 14.3 Å². The average molecular weight is 335 g/mol. The largest absolute Gasteiger partial charge is 0.549 e. The van der Waals surface area contributed by atoms with E-state index in [4.69, 9.17) is 4.74 Å². The van der Waals surface area contributed by atoms with Gasteiger partial charge >= 0.3 is 5.97 Å². The topological polar surface area (TPSA) is 99.1 Å². The van der Waals surface area contributed by atoms with Gasteiger partial charge in [0, 0.05) is 13.5 Å². The van der Waals surface area contributed by atoms with Crippen LogP contribution in [0, 0.1) is 0 Å². The summed E-state index contributed by atoms with van der Waals surface area (Å²) in [7, 11) is 1.53. The van der Waals surface area contributed by atoms with Crippen molar-refractivity contribution in [2.75, 3.05) is 13.7 Å². The van der Waals surface area contributed by atoms with E-state index >= 15 is 0 Å². The number of esters is 1. The number of carboxylic acids is 1. The Balaban J connectivity index is 2.20. The van der Waals surface area contributed by atoms with Crippen LogP contribution in [0.4, 0.5) is 5.69 Å². The third kappa shape index (κ3) is 4.10. The molecule has 0 N–H and O–H groups in total. The minimum Gasteiger partial charge on any atom is -0.549 e. The Bertz CT molecular complexity index is 656. The summed E-state index contributed by atoms with van der Waals surface area (Å²) in [5, 5.41) is 10.3. The van der Waals surface area contributed by atoms with Crippen molar-refractivity contribution in [3.8, 4) is 0 Å². The first kappa shape index (κ1) is 17.0. The van der Waals surface area contributed by atoms with E-state index in [0.29, 0.717) is 11.3 Å². The van der Waals surface area contributed by atoms with Gasteiger partial charge in [-0.25, -0.2) is 9.79 Å². The lowest BCUT2D eigenvalue weighted by Crippen LogP contribution is -2.45. The molecule has 8 heteroatoms. The van der Waals surface area contributed by atoms with E-state index in [1.54, 1.807) is 31.2 Å². The third-order valence-corrected chi connectivity index (χ3v) is 4.35. The number of rotatable bonds is 4. The molecule has 7 nitrogen and oxygen atoms in total. The normalized spacial score (nSPS) is 19.7. The number of amidine groups is 1. The second-order valence-electron chi connectivity index (χ2n) is 4.74. The predicted octanol–water partition coefficient (Wildman–Crippen LogP) is 0.565. The summed E-state index contributed by atoms with van der Waals surface area (Å²) in [6, 6.07) is 6.31. The summed E-state index contributed by atoms with van der Waals surface area (Å²) in [6.45, 7) is 2.01. The Hall–Kier alpha value is -2.35. The Morgan fingerprint density at radius 3 is 2.61 bits per heavy atom. The van der Waals surface area contributed by atoms with Crippen molar-refractivity contribution >= 4 is 40.5 Å². The molecule has 1 aromatic carbocycles. The molecule has 1 fully saturated rings. The van der Waals surface area contributed by atoms with Gasteiger partial charge in [-0.05, 0) is 31.2 Å². The lowest BCUT2D eigenvalue weighted by atomic mass is 10.2. The smallest absolute Gasteiger partial charge is 0.338 e. The lowest BCUT2D eigenvalue weighted by Gasteiger charge is -2.29. The second-order valence-corrected chi connectivity index (χ2v) is 5.91. The molecule has 1 unspecified atom stereocenters. The quantitative estimate of drug-likeness (QED) is 0.746. The summed E-state index contributed by atoms with van der Waals surface area (Å²) in [4.78, 5) is 39.9.